The summed E-state index contributed by atoms with van der Waals surface area (Å²) in [5.41, 5.74) is 0.661. The molecule has 3 atom stereocenters. The van der Waals surface area contributed by atoms with Crippen LogP contribution in [0.5, 0.6) is 0 Å². The van der Waals surface area contributed by atoms with Gasteiger partial charge in [0.2, 0.25) is 0 Å². The van der Waals surface area contributed by atoms with Gasteiger partial charge in [-0.15, -0.1) is 0 Å². The third-order valence-electron chi connectivity index (χ3n) is 5.67. The maximum atomic E-state index is 12.1. The smallest absolute Gasteiger partial charge is 0.138 e. The predicted octanol–water partition coefficient (Wildman–Crippen LogP) is 2.07. The van der Waals surface area contributed by atoms with E-state index in [1.165, 1.54) is 0 Å². The van der Waals surface area contributed by atoms with E-state index in [1.807, 2.05) is 6.92 Å². The first kappa shape index (κ1) is 13.8. The molecule has 0 aromatic heterocycles. The molecule has 102 valence electrons. The van der Waals surface area contributed by atoms with Crippen molar-refractivity contribution in [1.82, 2.24) is 0 Å². The summed E-state index contributed by atoms with van der Waals surface area (Å²) in [6.45, 7) is 6.28. The summed E-state index contributed by atoms with van der Waals surface area (Å²) in [5, 5.41) is 19.5. The van der Waals surface area contributed by atoms with Gasteiger partial charge in [-0.05, 0) is 35.7 Å². The van der Waals surface area contributed by atoms with Gasteiger partial charge in [0.15, 0.2) is 0 Å². The van der Waals surface area contributed by atoms with Crippen molar-refractivity contribution < 1.29 is 15.0 Å². The molecule has 1 spiro atoms. The zero-order valence-electron chi connectivity index (χ0n) is 11.6. The molecule has 0 heterocycles. The van der Waals surface area contributed by atoms with Gasteiger partial charge >= 0.3 is 0 Å². The molecule has 2 N–H and O–H groups in total. The van der Waals surface area contributed by atoms with Crippen molar-refractivity contribution in [2.75, 3.05) is 6.61 Å². The normalized spacial score (nSPS) is 39.8. The quantitative estimate of drug-likeness (QED) is 0.702. The van der Waals surface area contributed by atoms with Crippen molar-refractivity contribution in [1.29, 1.82) is 0 Å². The van der Waals surface area contributed by atoms with Crippen molar-refractivity contribution in [2.24, 2.45) is 16.7 Å². The average molecular weight is 252 g/mol. The minimum Gasteiger partial charge on any atom is -0.392 e. The summed E-state index contributed by atoms with van der Waals surface area (Å²) < 4.78 is 0. The zero-order valence-corrected chi connectivity index (χ0v) is 11.6. The van der Waals surface area contributed by atoms with Gasteiger partial charge in [0.1, 0.15) is 5.78 Å². The molecule has 1 saturated carbocycles. The molecule has 0 amide bonds. The van der Waals surface area contributed by atoms with Crippen LogP contribution < -0.4 is 0 Å². The largest absolute Gasteiger partial charge is 0.392 e. The molecule has 2 aliphatic rings. The Morgan fingerprint density at radius 2 is 2.11 bits per heavy atom. The van der Waals surface area contributed by atoms with Crippen molar-refractivity contribution in [3.8, 4) is 0 Å². The van der Waals surface area contributed by atoms with E-state index >= 15 is 0 Å². The van der Waals surface area contributed by atoms with E-state index in [9.17, 15) is 15.0 Å². The fraction of sp³-hybridized carbons (Fsp3) is 0.800. The van der Waals surface area contributed by atoms with Gasteiger partial charge in [0.05, 0.1) is 12.7 Å². The van der Waals surface area contributed by atoms with Crippen LogP contribution in [-0.2, 0) is 4.79 Å². The van der Waals surface area contributed by atoms with E-state index in [2.05, 4.69) is 19.9 Å². The Morgan fingerprint density at radius 1 is 1.44 bits per heavy atom. The number of hydrogen-bond acceptors (Lipinski definition) is 3. The number of hydrogen-bond donors (Lipinski definition) is 2. The van der Waals surface area contributed by atoms with E-state index < -0.39 is 6.10 Å². The number of aliphatic hydroxyl groups excluding tert-OH is 2. The first-order chi connectivity index (χ1) is 8.35. The summed E-state index contributed by atoms with van der Waals surface area (Å²) in [4.78, 5) is 12.1. The monoisotopic (exact) mass is 252 g/mol. The fourth-order valence-electron chi connectivity index (χ4n) is 3.86. The number of carbonyl (C=O) groups excluding carboxylic acids is 1. The first-order valence-electron chi connectivity index (χ1n) is 6.84. The van der Waals surface area contributed by atoms with Crippen LogP contribution in [0.1, 0.15) is 46.5 Å². The molecule has 0 aliphatic heterocycles. The van der Waals surface area contributed by atoms with Crippen LogP contribution in [0.3, 0.4) is 0 Å². The second kappa shape index (κ2) is 4.46. The molecule has 0 saturated heterocycles. The molecule has 18 heavy (non-hydrogen) atoms. The summed E-state index contributed by atoms with van der Waals surface area (Å²) in [7, 11) is 0. The maximum Gasteiger partial charge on any atom is 0.138 e. The number of allylic oxidation sites excluding steroid dienone is 1. The second-order valence-electron chi connectivity index (χ2n) is 6.51. The Bertz CT molecular complexity index is 383. The SMILES string of the molecule is CC1C(=O)CC(O)C(C)(C)[C@]12CC=C(CO)CC2. The molecule has 1 fully saturated rings. The molecule has 0 radical (unpaired) electrons. The fourth-order valence-corrected chi connectivity index (χ4v) is 3.86. The number of carbonyl (C=O) groups is 1. The highest BCUT2D eigenvalue weighted by molar-refractivity contribution is 5.83. The van der Waals surface area contributed by atoms with Crippen LogP contribution in [-0.4, -0.2) is 28.7 Å². The molecule has 0 aromatic rings. The molecule has 3 heteroatoms. The Labute approximate surface area is 109 Å². The lowest BCUT2D eigenvalue weighted by Gasteiger charge is -2.57. The number of ketones is 1. The third kappa shape index (κ3) is 1.76. The van der Waals surface area contributed by atoms with Crippen LogP contribution >= 0.6 is 0 Å². The summed E-state index contributed by atoms with van der Waals surface area (Å²) >= 11 is 0. The lowest BCUT2D eigenvalue weighted by Crippen LogP contribution is -2.57. The van der Waals surface area contributed by atoms with Crippen LogP contribution in [0.25, 0.3) is 0 Å². The highest BCUT2D eigenvalue weighted by Crippen LogP contribution is 2.58. The minimum atomic E-state index is -0.551. The molecule has 2 unspecified atom stereocenters. The number of Topliss-reactive ketones (excluding diaryl/α,β-unsaturated/α-hetero) is 1. The second-order valence-corrected chi connectivity index (χ2v) is 6.51. The topological polar surface area (TPSA) is 57.5 Å². The van der Waals surface area contributed by atoms with Gasteiger partial charge in [0.25, 0.3) is 0 Å². The van der Waals surface area contributed by atoms with Gasteiger partial charge in [-0.2, -0.15) is 0 Å². The van der Waals surface area contributed by atoms with Crippen LogP contribution in [0.4, 0.5) is 0 Å². The Kier molecular flexibility index (Phi) is 3.41. The highest BCUT2D eigenvalue weighted by atomic mass is 16.3. The van der Waals surface area contributed by atoms with E-state index in [4.69, 9.17) is 0 Å². The molecule has 0 aromatic carbocycles. The lowest BCUT2D eigenvalue weighted by molar-refractivity contribution is -0.159. The molecular formula is C15H24O3. The Hall–Kier alpha value is -0.670. The van der Waals surface area contributed by atoms with Gasteiger partial charge in [-0.1, -0.05) is 26.8 Å². The zero-order chi connectivity index (χ0) is 13.6. The maximum absolute atomic E-state index is 12.1. The van der Waals surface area contributed by atoms with Gasteiger partial charge in [0, 0.05) is 12.3 Å². The van der Waals surface area contributed by atoms with E-state index in [1.54, 1.807) is 0 Å². The van der Waals surface area contributed by atoms with E-state index in [0.717, 1.165) is 24.8 Å². The standard InChI is InChI=1S/C15H24O3/c1-10-12(17)8-13(18)14(2,3)15(10)6-4-11(9-16)5-7-15/h4,10,13,16,18H,5-9H2,1-3H3/t10?,13?,15-/m0/s1. The minimum absolute atomic E-state index is 0.00704. The van der Waals surface area contributed by atoms with Crippen LogP contribution in [0, 0.1) is 16.7 Å². The highest BCUT2D eigenvalue weighted by Gasteiger charge is 2.57. The number of aliphatic hydroxyl groups is 2. The summed E-state index contributed by atoms with van der Waals surface area (Å²) in [6.07, 6.45) is 4.32. The van der Waals surface area contributed by atoms with Crippen molar-refractivity contribution in [3.05, 3.63) is 11.6 Å². The van der Waals surface area contributed by atoms with Gasteiger partial charge in [-0.25, -0.2) is 0 Å². The summed E-state index contributed by atoms with van der Waals surface area (Å²) in [5.74, 6) is 0.176. The van der Waals surface area contributed by atoms with Crippen LogP contribution in [0.2, 0.25) is 0 Å². The van der Waals surface area contributed by atoms with E-state index in [0.29, 0.717) is 0 Å². The predicted molar refractivity (Wildman–Crippen MR) is 70.0 cm³/mol. The molecule has 2 rings (SSSR count). The molecule has 0 bridgehead atoms. The van der Waals surface area contributed by atoms with Crippen molar-refractivity contribution in [2.45, 2.75) is 52.6 Å². The van der Waals surface area contributed by atoms with Crippen molar-refractivity contribution >= 4 is 5.78 Å². The molecular weight excluding hydrogens is 228 g/mol. The molecule has 2 aliphatic carbocycles. The van der Waals surface area contributed by atoms with Crippen LogP contribution in [0.15, 0.2) is 11.6 Å². The van der Waals surface area contributed by atoms with Crippen molar-refractivity contribution in [3.63, 3.8) is 0 Å². The van der Waals surface area contributed by atoms with E-state index in [-0.39, 0.29) is 35.6 Å². The first-order valence-corrected chi connectivity index (χ1v) is 6.84. The average Bonchev–Trinajstić information content (AvgIpc) is 2.36. The van der Waals surface area contributed by atoms with Gasteiger partial charge < -0.3 is 10.2 Å². The lowest BCUT2D eigenvalue weighted by atomic mass is 9.48. The number of rotatable bonds is 1. The van der Waals surface area contributed by atoms with Gasteiger partial charge in [-0.3, -0.25) is 4.79 Å². The molecule has 3 nitrogen and oxygen atoms in total. The Morgan fingerprint density at radius 3 is 2.61 bits per heavy atom. The summed E-state index contributed by atoms with van der Waals surface area (Å²) in [6, 6.07) is 0. The Balaban J connectivity index is 2.38. The third-order valence-corrected chi connectivity index (χ3v) is 5.67.